The SMILES string of the molecule is CC[C@@H](OC[C@H](O)CNC(C)(C)CC1Cc2ccccc2C1)c1cc(F)ccc1CCC(=O)O. The number of aryl methyl sites for hydroxylation is 1. The number of aliphatic hydroxyl groups excluding tert-OH is 1. The molecule has 34 heavy (non-hydrogen) atoms. The Balaban J connectivity index is 1.49. The number of nitrogens with one attached hydrogen (secondary N) is 1. The lowest BCUT2D eigenvalue weighted by Gasteiger charge is -2.31. The highest BCUT2D eigenvalue weighted by atomic mass is 19.1. The van der Waals surface area contributed by atoms with Gasteiger partial charge in [0.2, 0.25) is 0 Å². The molecule has 2 aromatic carbocycles. The van der Waals surface area contributed by atoms with Crippen LogP contribution in [0.1, 0.15) is 68.4 Å². The number of hydrogen-bond acceptors (Lipinski definition) is 4. The summed E-state index contributed by atoms with van der Waals surface area (Å²) in [4.78, 5) is 11.0. The van der Waals surface area contributed by atoms with Crippen LogP contribution >= 0.6 is 0 Å². The van der Waals surface area contributed by atoms with E-state index in [0.29, 0.717) is 30.9 Å². The highest BCUT2D eigenvalue weighted by Crippen LogP contribution is 2.32. The van der Waals surface area contributed by atoms with Crippen molar-refractivity contribution < 1.29 is 24.1 Å². The summed E-state index contributed by atoms with van der Waals surface area (Å²) in [5, 5.41) is 23.1. The van der Waals surface area contributed by atoms with E-state index in [1.165, 1.54) is 23.3 Å². The molecule has 0 aromatic heterocycles. The lowest BCUT2D eigenvalue weighted by atomic mass is 9.88. The fourth-order valence-corrected chi connectivity index (χ4v) is 5.03. The highest BCUT2D eigenvalue weighted by Gasteiger charge is 2.28. The number of rotatable bonds is 13. The minimum atomic E-state index is -0.894. The first-order valence-electron chi connectivity index (χ1n) is 12.3. The summed E-state index contributed by atoms with van der Waals surface area (Å²) in [6, 6.07) is 13.0. The Labute approximate surface area is 202 Å². The Bertz CT molecular complexity index is 936. The standard InChI is InChI=1S/C28H38FNO4/c1-4-26(25-15-23(29)11-9-20(25)10-12-27(32)33)34-18-24(31)17-30-28(2,3)16-19-13-21-7-5-6-8-22(21)14-19/h5-9,11,15,19,24,26,30-31H,4,10,12-14,16-18H2,1-3H3,(H,32,33)/t24-,26-/m1/s1. The van der Waals surface area contributed by atoms with E-state index in [1.54, 1.807) is 6.07 Å². The van der Waals surface area contributed by atoms with Crippen molar-refractivity contribution in [2.75, 3.05) is 13.2 Å². The van der Waals surface area contributed by atoms with E-state index < -0.39 is 18.2 Å². The van der Waals surface area contributed by atoms with E-state index in [1.807, 2.05) is 6.92 Å². The summed E-state index contributed by atoms with van der Waals surface area (Å²) in [6.07, 6.45) is 2.99. The maximum Gasteiger partial charge on any atom is 0.303 e. The van der Waals surface area contributed by atoms with Crippen LogP contribution in [0.15, 0.2) is 42.5 Å². The van der Waals surface area contributed by atoms with Gasteiger partial charge >= 0.3 is 5.97 Å². The number of aliphatic hydroxyl groups is 1. The molecule has 3 rings (SSSR count). The number of halogens is 1. The average Bonchev–Trinajstić information content (AvgIpc) is 3.19. The van der Waals surface area contributed by atoms with E-state index >= 15 is 0 Å². The van der Waals surface area contributed by atoms with Gasteiger partial charge in [-0.2, -0.15) is 0 Å². The number of β-amino-alcohol motifs (C(OH)–C–C–N with tert-alkyl or cyclic N) is 1. The van der Waals surface area contributed by atoms with Gasteiger partial charge in [-0.3, -0.25) is 4.79 Å². The van der Waals surface area contributed by atoms with Crippen LogP contribution in [0.25, 0.3) is 0 Å². The third-order valence-electron chi connectivity index (χ3n) is 6.67. The number of carboxylic acid groups (broad SMARTS) is 1. The molecule has 6 heteroatoms. The van der Waals surface area contributed by atoms with E-state index in [9.17, 15) is 14.3 Å². The number of benzene rings is 2. The van der Waals surface area contributed by atoms with Gasteiger partial charge in [-0.1, -0.05) is 37.3 Å². The Morgan fingerprint density at radius 3 is 2.50 bits per heavy atom. The Kier molecular flexibility index (Phi) is 9.23. The van der Waals surface area contributed by atoms with E-state index in [0.717, 1.165) is 24.8 Å². The number of hydrogen-bond donors (Lipinski definition) is 3. The van der Waals surface area contributed by atoms with Gasteiger partial charge in [0, 0.05) is 18.5 Å². The Morgan fingerprint density at radius 1 is 1.21 bits per heavy atom. The van der Waals surface area contributed by atoms with Gasteiger partial charge in [-0.25, -0.2) is 4.39 Å². The molecule has 0 aliphatic heterocycles. The molecule has 2 aromatic rings. The number of carbonyl (C=O) groups is 1. The number of aliphatic carboxylic acids is 1. The second-order valence-electron chi connectivity index (χ2n) is 10.1. The van der Waals surface area contributed by atoms with Crippen LogP contribution in [0, 0.1) is 11.7 Å². The molecule has 0 saturated carbocycles. The summed E-state index contributed by atoms with van der Waals surface area (Å²) in [7, 11) is 0. The Morgan fingerprint density at radius 2 is 1.88 bits per heavy atom. The van der Waals surface area contributed by atoms with Crippen molar-refractivity contribution in [1.29, 1.82) is 0 Å². The van der Waals surface area contributed by atoms with Gasteiger partial charge in [0.05, 0.1) is 18.8 Å². The number of fused-ring (bicyclic) bond motifs is 1. The quantitative estimate of drug-likeness (QED) is 0.389. The van der Waals surface area contributed by atoms with Gasteiger partial charge in [0.25, 0.3) is 0 Å². The number of carboxylic acids is 1. The van der Waals surface area contributed by atoms with Crippen molar-refractivity contribution in [3.8, 4) is 0 Å². The molecular weight excluding hydrogens is 433 g/mol. The van der Waals surface area contributed by atoms with Crippen LogP contribution in [0.4, 0.5) is 4.39 Å². The predicted molar refractivity (Wildman–Crippen MR) is 131 cm³/mol. The smallest absolute Gasteiger partial charge is 0.303 e. The molecule has 0 radical (unpaired) electrons. The second-order valence-corrected chi connectivity index (χ2v) is 10.1. The molecule has 0 unspecified atom stereocenters. The molecule has 0 heterocycles. The first-order chi connectivity index (χ1) is 16.2. The van der Waals surface area contributed by atoms with Crippen LogP contribution in [-0.2, 0) is 28.8 Å². The monoisotopic (exact) mass is 471 g/mol. The molecule has 0 fully saturated rings. The largest absolute Gasteiger partial charge is 0.481 e. The molecular formula is C28H38FNO4. The average molecular weight is 472 g/mol. The molecule has 0 amide bonds. The fraction of sp³-hybridized carbons (Fsp3) is 0.536. The van der Waals surface area contributed by atoms with Crippen molar-refractivity contribution in [2.24, 2.45) is 5.92 Å². The minimum absolute atomic E-state index is 0.0250. The molecule has 5 nitrogen and oxygen atoms in total. The zero-order chi connectivity index (χ0) is 24.7. The topological polar surface area (TPSA) is 78.8 Å². The first-order valence-corrected chi connectivity index (χ1v) is 12.3. The summed E-state index contributed by atoms with van der Waals surface area (Å²) in [6.45, 7) is 6.78. The molecule has 2 atom stereocenters. The van der Waals surface area contributed by atoms with Crippen LogP contribution < -0.4 is 5.32 Å². The number of ether oxygens (including phenoxy) is 1. The van der Waals surface area contributed by atoms with E-state index in [-0.39, 0.29) is 24.4 Å². The van der Waals surface area contributed by atoms with Crippen LogP contribution in [0.5, 0.6) is 0 Å². The van der Waals surface area contributed by atoms with Crippen LogP contribution in [-0.4, -0.2) is 41.0 Å². The van der Waals surface area contributed by atoms with Crippen LogP contribution in [0.3, 0.4) is 0 Å². The molecule has 186 valence electrons. The lowest BCUT2D eigenvalue weighted by molar-refractivity contribution is -0.136. The maximum absolute atomic E-state index is 13.9. The van der Waals surface area contributed by atoms with Crippen molar-refractivity contribution in [3.63, 3.8) is 0 Å². The van der Waals surface area contributed by atoms with Crippen LogP contribution in [0.2, 0.25) is 0 Å². The van der Waals surface area contributed by atoms with Gasteiger partial charge in [0.15, 0.2) is 0 Å². The van der Waals surface area contributed by atoms with E-state index in [2.05, 4.69) is 43.4 Å². The van der Waals surface area contributed by atoms with Crippen molar-refractivity contribution >= 4 is 5.97 Å². The zero-order valence-electron chi connectivity index (χ0n) is 20.5. The summed E-state index contributed by atoms with van der Waals surface area (Å²) in [5.41, 5.74) is 4.20. The Hall–Kier alpha value is -2.28. The van der Waals surface area contributed by atoms with Gasteiger partial charge in [0.1, 0.15) is 5.82 Å². The van der Waals surface area contributed by atoms with Crippen molar-refractivity contribution in [2.45, 2.75) is 77.0 Å². The maximum atomic E-state index is 13.9. The van der Waals surface area contributed by atoms with Crippen molar-refractivity contribution in [3.05, 3.63) is 70.5 Å². The third-order valence-corrected chi connectivity index (χ3v) is 6.67. The molecule has 0 bridgehead atoms. The highest BCUT2D eigenvalue weighted by molar-refractivity contribution is 5.67. The minimum Gasteiger partial charge on any atom is -0.481 e. The first kappa shape index (κ1) is 26.3. The molecule has 1 aliphatic rings. The third kappa shape index (κ3) is 7.62. The molecule has 1 aliphatic carbocycles. The summed E-state index contributed by atoms with van der Waals surface area (Å²) < 4.78 is 19.9. The lowest BCUT2D eigenvalue weighted by Crippen LogP contribution is -2.45. The summed E-state index contributed by atoms with van der Waals surface area (Å²) >= 11 is 0. The van der Waals surface area contributed by atoms with Gasteiger partial charge in [-0.05, 0) is 86.3 Å². The van der Waals surface area contributed by atoms with Gasteiger partial charge in [-0.15, -0.1) is 0 Å². The summed E-state index contributed by atoms with van der Waals surface area (Å²) in [5.74, 6) is -0.682. The van der Waals surface area contributed by atoms with Gasteiger partial charge < -0.3 is 20.3 Å². The molecule has 3 N–H and O–H groups in total. The fourth-order valence-electron chi connectivity index (χ4n) is 5.03. The van der Waals surface area contributed by atoms with Crippen molar-refractivity contribution in [1.82, 2.24) is 5.32 Å². The van der Waals surface area contributed by atoms with E-state index in [4.69, 9.17) is 9.84 Å². The zero-order valence-corrected chi connectivity index (χ0v) is 20.5. The molecule has 0 spiro atoms. The normalized spacial score (nSPS) is 15.8. The molecule has 0 saturated heterocycles. The predicted octanol–water partition coefficient (Wildman–Crippen LogP) is 4.84. The second kappa shape index (κ2) is 11.9.